The molecular weight excluding hydrogens is 672 g/mol. The molecule has 276 valence electrons. The van der Waals surface area contributed by atoms with E-state index in [1.807, 2.05) is 19.9 Å². The molecule has 16 heteroatoms. The van der Waals surface area contributed by atoms with Gasteiger partial charge >= 0.3 is 0 Å². The zero-order valence-electron chi connectivity index (χ0n) is 29.6. The zero-order valence-corrected chi connectivity index (χ0v) is 29.6. The Balaban J connectivity index is 0.000000284. The number of hydrogen-bond donors (Lipinski definition) is 4. The molecule has 16 nitrogen and oxygen atoms in total. The number of anilines is 2. The highest BCUT2D eigenvalue weighted by Crippen LogP contribution is 2.37. The zero-order chi connectivity index (χ0) is 38.2. The first-order valence-electron chi connectivity index (χ1n) is 16.9. The molecule has 4 aromatic rings. The van der Waals surface area contributed by atoms with Crippen LogP contribution in [-0.4, -0.2) is 56.5 Å². The molecule has 0 fully saturated rings. The lowest BCUT2D eigenvalue weighted by Crippen LogP contribution is -2.25. The molecule has 4 N–H and O–H groups in total. The Kier molecular flexibility index (Phi) is 15.2. The van der Waals surface area contributed by atoms with Crippen LogP contribution in [0.2, 0.25) is 0 Å². The van der Waals surface area contributed by atoms with Gasteiger partial charge in [0.2, 0.25) is 0 Å². The van der Waals surface area contributed by atoms with Gasteiger partial charge in [0.15, 0.2) is 0 Å². The number of nitro benzene ring substituents is 2. The van der Waals surface area contributed by atoms with Crippen LogP contribution in [0.15, 0.2) is 93.3 Å². The number of non-ortho nitro benzene ring substituents is 2. The average Bonchev–Trinajstić information content (AvgIpc) is 3.12. The number of nitrogens with zero attached hydrogens (tertiary/aromatic N) is 8. The highest BCUT2D eigenvalue weighted by atomic mass is 16.6. The molecule has 4 aromatic carbocycles. The summed E-state index contributed by atoms with van der Waals surface area (Å²) in [4.78, 5) is 24.7. The molecule has 0 amide bonds. The molecule has 0 heterocycles. The van der Waals surface area contributed by atoms with Crippen molar-refractivity contribution in [1.29, 1.82) is 0 Å². The third-order valence-electron chi connectivity index (χ3n) is 7.85. The van der Waals surface area contributed by atoms with Crippen molar-refractivity contribution >= 4 is 45.5 Å². The van der Waals surface area contributed by atoms with Gasteiger partial charge in [-0.05, 0) is 63.1 Å². The van der Waals surface area contributed by atoms with Gasteiger partial charge in [0.1, 0.15) is 45.7 Å². The van der Waals surface area contributed by atoms with Gasteiger partial charge in [-0.3, -0.25) is 20.2 Å². The summed E-state index contributed by atoms with van der Waals surface area (Å²) < 4.78 is 0. The summed E-state index contributed by atoms with van der Waals surface area (Å²) in [5, 5.41) is 77.0. The Morgan fingerprint density at radius 1 is 0.519 bits per heavy atom. The van der Waals surface area contributed by atoms with Crippen LogP contribution in [0, 0.1) is 20.2 Å². The van der Waals surface area contributed by atoms with E-state index in [1.165, 1.54) is 24.3 Å². The van der Waals surface area contributed by atoms with E-state index in [-0.39, 0.29) is 57.1 Å². The van der Waals surface area contributed by atoms with Crippen LogP contribution in [0.25, 0.3) is 0 Å². The molecule has 0 aliphatic heterocycles. The van der Waals surface area contributed by atoms with Crippen molar-refractivity contribution in [3.63, 3.8) is 0 Å². The number of phenols is 4. The summed E-state index contributed by atoms with van der Waals surface area (Å²) >= 11 is 0. The number of hydrogen-bond acceptors (Lipinski definition) is 14. The number of unbranched alkanes of at least 4 members (excludes halogenated alkanes) is 2. The van der Waals surface area contributed by atoms with Crippen LogP contribution < -0.4 is 9.80 Å². The van der Waals surface area contributed by atoms with E-state index in [1.54, 1.807) is 30.3 Å². The third kappa shape index (κ3) is 11.4. The molecule has 0 aliphatic rings. The molecule has 0 saturated carbocycles. The lowest BCUT2D eigenvalue weighted by atomic mass is 10.2. The van der Waals surface area contributed by atoms with E-state index in [0.29, 0.717) is 0 Å². The second kappa shape index (κ2) is 19.8. The smallest absolute Gasteiger partial charge is 0.271 e. The maximum atomic E-state index is 10.9. The summed E-state index contributed by atoms with van der Waals surface area (Å²) in [7, 11) is 0. The number of benzene rings is 4. The van der Waals surface area contributed by atoms with E-state index >= 15 is 0 Å². The molecule has 0 atom stereocenters. The Hall–Kier alpha value is -6.32. The van der Waals surface area contributed by atoms with E-state index in [0.717, 1.165) is 75.4 Å². The normalized spacial score (nSPS) is 11.0. The van der Waals surface area contributed by atoms with Crippen molar-refractivity contribution in [2.24, 2.45) is 20.5 Å². The summed E-state index contributed by atoms with van der Waals surface area (Å²) in [5.74, 6) is -0.559. The third-order valence-corrected chi connectivity index (χ3v) is 7.85. The van der Waals surface area contributed by atoms with Gasteiger partial charge in [0.25, 0.3) is 11.4 Å². The molecule has 0 radical (unpaired) electrons. The summed E-state index contributed by atoms with van der Waals surface area (Å²) in [6, 6.07) is 17.1. The maximum absolute atomic E-state index is 10.9. The molecule has 0 aliphatic carbocycles. The SMILES string of the molecule is CCCCN(CCCC)c1ccc(N=Nc2cc([N+](=O)[O-])ccc2O)c(O)c1.CCN(CC)c1ccc(N=Nc2cc([N+](=O)[O-])ccc2O)c(O)c1. The molecule has 52 heavy (non-hydrogen) atoms. The van der Waals surface area contributed by atoms with E-state index in [2.05, 4.69) is 44.1 Å². The van der Waals surface area contributed by atoms with Gasteiger partial charge in [-0.1, -0.05) is 26.7 Å². The second-order valence-electron chi connectivity index (χ2n) is 11.5. The Morgan fingerprint density at radius 2 is 0.904 bits per heavy atom. The maximum Gasteiger partial charge on any atom is 0.271 e. The number of phenolic OH excluding ortho intramolecular Hbond substituents is 4. The fourth-order valence-corrected chi connectivity index (χ4v) is 4.87. The van der Waals surface area contributed by atoms with Crippen LogP contribution in [0.1, 0.15) is 53.4 Å². The van der Waals surface area contributed by atoms with Crippen molar-refractivity contribution in [1.82, 2.24) is 0 Å². The number of nitro groups is 2. The van der Waals surface area contributed by atoms with Crippen LogP contribution in [0.5, 0.6) is 23.0 Å². The first-order valence-corrected chi connectivity index (χ1v) is 16.9. The minimum atomic E-state index is -0.588. The average molecular weight is 717 g/mol. The van der Waals surface area contributed by atoms with Crippen LogP contribution >= 0.6 is 0 Å². The van der Waals surface area contributed by atoms with E-state index in [4.69, 9.17) is 0 Å². The lowest BCUT2D eigenvalue weighted by molar-refractivity contribution is -0.385. The molecule has 4 rings (SSSR count). The minimum absolute atomic E-state index is 0.0369. The molecule has 0 saturated heterocycles. The number of azo groups is 2. The van der Waals surface area contributed by atoms with Gasteiger partial charge in [-0.15, -0.1) is 20.5 Å². The van der Waals surface area contributed by atoms with Crippen molar-refractivity contribution < 1.29 is 30.3 Å². The van der Waals surface area contributed by atoms with Crippen molar-refractivity contribution in [2.75, 3.05) is 36.0 Å². The van der Waals surface area contributed by atoms with Gasteiger partial charge in [-0.2, -0.15) is 0 Å². The molecule has 0 unspecified atom stereocenters. The fraction of sp³-hybridized carbons (Fsp3) is 0.333. The Bertz CT molecular complexity index is 1870. The monoisotopic (exact) mass is 716 g/mol. The van der Waals surface area contributed by atoms with E-state index in [9.17, 15) is 40.7 Å². The van der Waals surface area contributed by atoms with Gasteiger partial charge < -0.3 is 30.2 Å². The quantitative estimate of drug-likeness (QED) is 0.0487. The fourth-order valence-electron chi connectivity index (χ4n) is 4.87. The Labute approximate surface area is 301 Å². The summed E-state index contributed by atoms with van der Waals surface area (Å²) in [6.07, 6.45) is 4.32. The minimum Gasteiger partial charge on any atom is -0.506 e. The molecular formula is C36H44N8O8. The topological polar surface area (TPSA) is 223 Å². The Morgan fingerprint density at radius 3 is 1.25 bits per heavy atom. The van der Waals surface area contributed by atoms with Crippen molar-refractivity contribution in [3.05, 3.63) is 93.0 Å². The number of aromatic hydroxyl groups is 4. The standard InChI is InChI=1S/C20H26N4O4.C16H18N4O4/c1-3-5-11-23(12-6-4-2)15-7-9-17(20(26)14-15)21-22-18-13-16(24(27)28)8-10-19(18)25;1-3-19(4-2)11-5-7-13(16(22)10-11)17-18-14-9-12(20(23)24)6-8-15(14)21/h7-10,13-14,25-26H,3-6,11-12H2,1-2H3;5-10,21-22H,3-4H2,1-2H3. The van der Waals surface area contributed by atoms with Gasteiger partial charge in [0.05, 0.1) is 9.85 Å². The van der Waals surface area contributed by atoms with Crippen LogP contribution in [0.4, 0.5) is 45.5 Å². The lowest BCUT2D eigenvalue weighted by Gasteiger charge is -2.25. The highest BCUT2D eigenvalue weighted by molar-refractivity contribution is 5.63. The summed E-state index contributed by atoms with van der Waals surface area (Å²) in [5.41, 5.74) is 1.71. The first-order chi connectivity index (χ1) is 24.9. The second-order valence-corrected chi connectivity index (χ2v) is 11.5. The van der Waals surface area contributed by atoms with Crippen LogP contribution in [0.3, 0.4) is 0 Å². The predicted octanol–water partition coefficient (Wildman–Crippen LogP) is 10.1. The molecule has 0 bridgehead atoms. The van der Waals surface area contributed by atoms with Crippen molar-refractivity contribution in [3.8, 4) is 23.0 Å². The predicted molar refractivity (Wildman–Crippen MR) is 200 cm³/mol. The number of rotatable bonds is 16. The summed E-state index contributed by atoms with van der Waals surface area (Å²) in [6.45, 7) is 11.7. The van der Waals surface area contributed by atoms with E-state index < -0.39 is 9.85 Å². The molecule has 0 spiro atoms. The molecule has 0 aromatic heterocycles. The highest BCUT2D eigenvalue weighted by Gasteiger charge is 2.13. The first kappa shape index (κ1) is 40.1. The van der Waals surface area contributed by atoms with Crippen molar-refractivity contribution in [2.45, 2.75) is 53.4 Å². The van der Waals surface area contributed by atoms with Gasteiger partial charge in [-0.25, -0.2) is 0 Å². The van der Waals surface area contributed by atoms with Gasteiger partial charge in [0, 0.05) is 74.0 Å². The van der Waals surface area contributed by atoms with Crippen LogP contribution in [-0.2, 0) is 0 Å². The largest absolute Gasteiger partial charge is 0.506 e.